The predicted octanol–water partition coefficient (Wildman–Crippen LogP) is 4.73. The molecular formula is C22H25NO2S. The molecule has 3 rings (SSSR count). The molecule has 0 radical (unpaired) electrons. The summed E-state index contributed by atoms with van der Waals surface area (Å²) in [6.45, 7) is 6.70. The number of imide groups is 1. The van der Waals surface area contributed by atoms with Gasteiger partial charge in [0.05, 0.1) is 11.1 Å². The van der Waals surface area contributed by atoms with E-state index in [-0.39, 0.29) is 16.6 Å². The van der Waals surface area contributed by atoms with Crippen LogP contribution in [0.15, 0.2) is 42.5 Å². The van der Waals surface area contributed by atoms with Gasteiger partial charge in [-0.3, -0.25) is 14.5 Å². The Labute approximate surface area is 159 Å². The van der Waals surface area contributed by atoms with Crippen LogP contribution >= 0.6 is 11.8 Å². The molecule has 0 saturated carbocycles. The molecule has 0 N–H and O–H groups in total. The lowest BCUT2D eigenvalue weighted by molar-refractivity contribution is 0.0693. The van der Waals surface area contributed by atoms with E-state index in [1.165, 1.54) is 23.1 Å². The number of carbonyl (C=O) groups excluding carboxylic acids is 2. The topological polar surface area (TPSA) is 37.4 Å². The van der Waals surface area contributed by atoms with Gasteiger partial charge in [0.25, 0.3) is 11.8 Å². The van der Waals surface area contributed by atoms with Crippen LogP contribution in [0.4, 0.5) is 0 Å². The van der Waals surface area contributed by atoms with Crippen molar-refractivity contribution in [2.24, 2.45) is 0 Å². The number of aryl methyl sites for hydroxylation is 2. The van der Waals surface area contributed by atoms with Gasteiger partial charge in [0.15, 0.2) is 0 Å². The van der Waals surface area contributed by atoms with Crippen molar-refractivity contribution in [3.05, 3.63) is 70.3 Å². The summed E-state index contributed by atoms with van der Waals surface area (Å²) in [6.07, 6.45) is 1.78. The Hall–Kier alpha value is -2.07. The highest BCUT2D eigenvalue weighted by atomic mass is 32.2. The van der Waals surface area contributed by atoms with Crippen LogP contribution in [0.25, 0.3) is 0 Å². The Balaban J connectivity index is 1.62. The number of thioether (sulfide) groups is 1. The third-order valence-electron chi connectivity index (χ3n) is 4.55. The van der Waals surface area contributed by atoms with Crippen LogP contribution < -0.4 is 0 Å². The van der Waals surface area contributed by atoms with Gasteiger partial charge in [-0.2, -0.15) is 11.8 Å². The predicted molar refractivity (Wildman–Crippen MR) is 108 cm³/mol. The van der Waals surface area contributed by atoms with Crippen molar-refractivity contribution in [2.45, 2.75) is 44.1 Å². The molecule has 0 fully saturated rings. The minimum Gasteiger partial charge on any atom is -0.277 e. The molecule has 4 heteroatoms. The summed E-state index contributed by atoms with van der Waals surface area (Å²) in [5, 5.41) is 0. The van der Waals surface area contributed by atoms with Crippen LogP contribution in [-0.4, -0.2) is 28.5 Å². The van der Waals surface area contributed by atoms with E-state index in [0.717, 1.165) is 24.2 Å². The second-order valence-corrected chi connectivity index (χ2v) is 9.57. The number of carbonyl (C=O) groups is 2. The molecule has 136 valence electrons. The molecular weight excluding hydrogens is 342 g/mol. The van der Waals surface area contributed by atoms with Gasteiger partial charge in [-0.25, -0.2) is 0 Å². The van der Waals surface area contributed by atoms with Gasteiger partial charge in [0.1, 0.15) is 0 Å². The molecule has 3 nitrogen and oxygen atoms in total. The Bertz CT molecular complexity index is 834. The normalized spacial score (nSPS) is 14.1. The lowest BCUT2D eigenvalue weighted by Gasteiger charge is -2.17. The zero-order valence-electron chi connectivity index (χ0n) is 15.8. The zero-order valence-corrected chi connectivity index (χ0v) is 16.7. The summed E-state index contributed by atoms with van der Waals surface area (Å²) in [7, 11) is 1.53. The van der Waals surface area contributed by atoms with Crippen LogP contribution in [0.1, 0.15) is 58.2 Å². The maximum absolute atomic E-state index is 12.1. The highest BCUT2D eigenvalue weighted by Crippen LogP contribution is 2.27. The summed E-state index contributed by atoms with van der Waals surface area (Å²) in [4.78, 5) is 25.2. The molecule has 26 heavy (non-hydrogen) atoms. The monoisotopic (exact) mass is 367 g/mol. The summed E-state index contributed by atoms with van der Waals surface area (Å²) in [5.74, 6) is 0.617. The van der Waals surface area contributed by atoms with Crippen molar-refractivity contribution in [1.82, 2.24) is 4.90 Å². The lowest BCUT2D eigenvalue weighted by atomic mass is 10.00. The molecule has 0 atom stereocenters. The van der Waals surface area contributed by atoms with Gasteiger partial charge < -0.3 is 0 Å². The summed E-state index contributed by atoms with van der Waals surface area (Å²) in [6, 6.07) is 14.4. The van der Waals surface area contributed by atoms with Gasteiger partial charge in [-0.15, -0.1) is 0 Å². The molecule has 2 aromatic rings. The number of rotatable bonds is 5. The lowest BCUT2D eigenvalue weighted by Crippen LogP contribution is -2.24. The number of amides is 2. The number of benzene rings is 2. The fourth-order valence-electron chi connectivity index (χ4n) is 2.95. The molecule has 0 aromatic heterocycles. The van der Waals surface area contributed by atoms with E-state index in [1.807, 2.05) is 23.9 Å². The van der Waals surface area contributed by atoms with Crippen molar-refractivity contribution in [3.63, 3.8) is 0 Å². The van der Waals surface area contributed by atoms with Crippen molar-refractivity contribution < 1.29 is 9.59 Å². The third kappa shape index (κ3) is 4.18. The van der Waals surface area contributed by atoms with Crippen molar-refractivity contribution in [1.29, 1.82) is 0 Å². The smallest absolute Gasteiger partial charge is 0.261 e. The fraction of sp³-hybridized carbons (Fsp3) is 0.364. The summed E-state index contributed by atoms with van der Waals surface area (Å²) >= 11 is 1.95. The van der Waals surface area contributed by atoms with Crippen LogP contribution in [0.5, 0.6) is 0 Å². The maximum Gasteiger partial charge on any atom is 0.261 e. The Morgan fingerprint density at radius 3 is 2.00 bits per heavy atom. The molecule has 1 aliphatic heterocycles. The van der Waals surface area contributed by atoms with Crippen molar-refractivity contribution in [2.75, 3.05) is 7.05 Å². The van der Waals surface area contributed by atoms with E-state index in [4.69, 9.17) is 0 Å². The van der Waals surface area contributed by atoms with E-state index in [9.17, 15) is 9.59 Å². The van der Waals surface area contributed by atoms with Crippen LogP contribution in [0, 0.1) is 0 Å². The van der Waals surface area contributed by atoms with Gasteiger partial charge >= 0.3 is 0 Å². The number of hydrogen-bond donors (Lipinski definition) is 0. The van der Waals surface area contributed by atoms with E-state index < -0.39 is 0 Å². The molecule has 0 bridgehead atoms. The minimum absolute atomic E-state index is 0.201. The average Bonchev–Trinajstić information content (AvgIpc) is 2.82. The highest BCUT2D eigenvalue weighted by molar-refractivity contribution is 7.99. The molecule has 2 amide bonds. The SMILES string of the molecule is CN1C(=O)c2ccc(CCc3ccc(CSC(C)(C)C)cc3)cc2C1=O. The largest absolute Gasteiger partial charge is 0.277 e. The van der Waals surface area contributed by atoms with Gasteiger partial charge in [-0.05, 0) is 41.7 Å². The molecule has 1 heterocycles. The minimum atomic E-state index is -0.208. The first-order valence-electron chi connectivity index (χ1n) is 8.92. The standard InChI is InChI=1S/C22H25NO2S/c1-22(2,3)26-14-17-9-6-15(7-10-17)5-8-16-11-12-18-19(13-16)21(25)23(4)20(18)24/h6-7,9-13H,5,8,14H2,1-4H3. The Kier molecular flexibility index (Phi) is 5.24. The number of fused-ring (bicyclic) bond motifs is 1. The number of nitrogens with zero attached hydrogens (tertiary/aromatic N) is 1. The summed E-state index contributed by atoms with van der Waals surface area (Å²) < 4.78 is 0.277. The Morgan fingerprint density at radius 2 is 1.35 bits per heavy atom. The fourth-order valence-corrected chi connectivity index (χ4v) is 3.75. The molecule has 0 unspecified atom stereocenters. The quantitative estimate of drug-likeness (QED) is 0.717. The first-order chi connectivity index (χ1) is 12.2. The first-order valence-corrected chi connectivity index (χ1v) is 9.90. The van der Waals surface area contributed by atoms with Crippen molar-refractivity contribution >= 4 is 23.6 Å². The first kappa shape index (κ1) is 18.7. The van der Waals surface area contributed by atoms with Gasteiger partial charge in [-0.1, -0.05) is 51.1 Å². The number of hydrogen-bond acceptors (Lipinski definition) is 3. The van der Waals surface area contributed by atoms with Crippen LogP contribution in [0.3, 0.4) is 0 Å². The second kappa shape index (κ2) is 7.28. The van der Waals surface area contributed by atoms with Gasteiger partial charge in [0, 0.05) is 17.5 Å². The van der Waals surface area contributed by atoms with E-state index in [0.29, 0.717) is 11.1 Å². The molecule has 0 aliphatic carbocycles. The Morgan fingerprint density at radius 1 is 0.808 bits per heavy atom. The zero-order chi connectivity index (χ0) is 18.9. The second-order valence-electron chi connectivity index (χ2n) is 7.77. The van der Waals surface area contributed by atoms with E-state index in [1.54, 1.807) is 6.07 Å². The van der Waals surface area contributed by atoms with E-state index >= 15 is 0 Å². The van der Waals surface area contributed by atoms with Crippen molar-refractivity contribution in [3.8, 4) is 0 Å². The molecule has 2 aromatic carbocycles. The molecule has 1 aliphatic rings. The highest BCUT2D eigenvalue weighted by Gasteiger charge is 2.32. The summed E-state index contributed by atoms with van der Waals surface area (Å²) in [5.41, 5.74) is 4.77. The maximum atomic E-state index is 12.1. The van der Waals surface area contributed by atoms with Crippen LogP contribution in [-0.2, 0) is 18.6 Å². The molecule has 0 spiro atoms. The average molecular weight is 368 g/mol. The van der Waals surface area contributed by atoms with E-state index in [2.05, 4.69) is 45.0 Å². The van der Waals surface area contributed by atoms with Gasteiger partial charge in [0.2, 0.25) is 0 Å². The van der Waals surface area contributed by atoms with Crippen LogP contribution in [0.2, 0.25) is 0 Å². The third-order valence-corrected chi connectivity index (χ3v) is 5.89. The molecule has 0 saturated heterocycles.